The molecule has 0 amide bonds. The van der Waals surface area contributed by atoms with Gasteiger partial charge in [-0.1, -0.05) is 19.1 Å². The second-order valence-electron chi connectivity index (χ2n) is 4.16. The molecule has 0 aliphatic rings. The van der Waals surface area contributed by atoms with Gasteiger partial charge in [-0.3, -0.25) is 5.43 Å². The molecule has 0 saturated heterocycles. The summed E-state index contributed by atoms with van der Waals surface area (Å²) in [7, 11) is 0. The first kappa shape index (κ1) is 14.6. The first-order valence-electron chi connectivity index (χ1n) is 5.92. The Labute approximate surface area is 112 Å². The van der Waals surface area contributed by atoms with Crippen LogP contribution in [0.2, 0.25) is 0 Å². The number of halogens is 1. The predicted octanol–water partition coefficient (Wildman–Crippen LogP) is 2.81. The van der Waals surface area contributed by atoms with Crippen LogP contribution in [-0.4, -0.2) is 16.9 Å². The van der Waals surface area contributed by atoms with E-state index in [4.69, 9.17) is 12.2 Å². The second-order valence-corrected chi connectivity index (χ2v) is 4.57. The Balaban J connectivity index is 2.71. The maximum atomic E-state index is 12.8. The van der Waals surface area contributed by atoms with Crippen molar-refractivity contribution in [1.29, 1.82) is 0 Å². The van der Waals surface area contributed by atoms with Crippen LogP contribution >= 0.6 is 12.2 Å². The molecule has 0 aromatic heterocycles. The molecule has 1 rings (SSSR count). The first-order valence-corrected chi connectivity index (χ1v) is 6.32. The molecule has 0 atom stereocenters. The van der Waals surface area contributed by atoms with E-state index in [0.717, 1.165) is 17.7 Å². The quantitative estimate of drug-likeness (QED) is 0.500. The number of thiocarbonyl (C=S) groups is 1. The van der Waals surface area contributed by atoms with E-state index in [0.29, 0.717) is 5.11 Å². The summed E-state index contributed by atoms with van der Waals surface area (Å²) in [6.45, 7) is 5.99. The van der Waals surface area contributed by atoms with Gasteiger partial charge in [0.05, 0.1) is 5.71 Å². The lowest BCUT2D eigenvalue weighted by Crippen LogP contribution is -2.37. The summed E-state index contributed by atoms with van der Waals surface area (Å²) in [5.41, 5.74) is 4.52. The average Bonchev–Trinajstić information content (AvgIpc) is 2.31. The minimum absolute atomic E-state index is 0.251. The highest BCUT2D eigenvalue weighted by atomic mass is 32.1. The van der Waals surface area contributed by atoms with Crippen LogP contribution in [0.1, 0.15) is 32.8 Å². The van der Waals surface area contributed by atoms with E-state index < -0.39 is 0 Å². The molecule has 98 valence electrons. The summed E-state index contributed by atoms with van der Waals surface area (Å²) < 4.78 is 12.8. The summed E-state index contributed by atoms with van der Waals surface area (Å²) in [4.78, 5) is 0. The average molecular weight is 267 g/mol. The molecule has 0 unspecified atom stereocenters. The molecular formula is C13H18FN3S. The Morgan fingerprint density at radius 3 is 2.44 bits per heavy atom. The normalized spacial score (nSPS) is 11.5. The van der Waals surface area contributed by atoms with E-state index in [-0.39, 0.29) is 11.9 Å². The number of rotatable bonds is 4. The van der Waals surface area contributed by atoms with Gasteiger partial charge in [-0.15, -0.1) is 0 Å². The van der Waals surface area contributed by atoms with Crippen LogP contribution in [0.25, 0.3) is 0 Å². The number of nitrogens with zero attached hydrogens (tertiary/aromatic N) is 1. The van der Waals surface area contributed by atoms with Gasteiger partial charge in [-0.05, 0) is 50.2 Å². The van der Waals surface area contributed by atoms with Gasteiger partial charge in [0, 0.05) is 6.04 Å². The molecule has 1 aromatic rings. The maximum absolute atomic E-state index is 12.8. The molecule has 0 aliphatic heterocycles. The summed E-state index contributed by atoms with van der Waals surface area (Å²) in [6, 6.07) is 6.52. The third-order valence-electron chi connectivity index (χ3n) is 2.22. The molecule has 5 heteroatoms. The van der Waals surface area contributed by atoms with Crippen LogP contribution < -0.4 is 10.7 Å². The van der Waals surface area contributed by atoms with Crippen LogP contribution in [-0.2, 0) is 0 Å². The monoisotopic (exact) mass is 267 g/mol. The minimum Gasteiger partial charge on any atom is -0.359 e. The molecule has 0 bridgehead atoms. The van der Waals surface area contributed by atoms with Gasteiger partial charge < -0.3 is 5.32 Å². The van der Waals surface area contributed by atoms with E-state index in [1.165, 1.54) is 12.1 Å². The molecular weight excluding hydrogens is 249 g/mol. The minimum atomic E-state index is -0.251. The highest BCUT2D eigenvalue weighted by molar-refractivity contribution is 7.80. The summed E-state index contributed by atoms with van der Waals surface area (Å²) >= 11 is 5.08. The van der Waals surface area contributed by atoms with Crippen molar-refractivity contribution in [2.75, 3.05) is 0 Å². The lowest BCUT2D eigenvalue weighted by molar-refractivity contribution is 0.627. The zero-order valence-electron chi connectivity index (χ0n) is 10.8. The largest absolute Gasteiger partial charge is 0.359 e. The Bertz CT molecular complexity index is 426. The molecule has 3 nitrogen and oxygen atoms in total. The SMILES string of the molecule is CC/C(=N\NC(=S)NC(C)C)c1ccc(F)cc1. The molecule has 0 spiro atoms. The number of hydrazone groups is 1. The Kier molecular flexibility index (Phi) is 5.71. The summed E-state index contributed by atoms with van der Waals surface area (Å²) in [5.74, 6) is -0.251. The van der Waals surface area contributed by atoms with E-state index >= 15 is 0 Å². The predicted molar refractivity (Wildman–Crippen MR) is 77.2 cm³/mol. The number of hydrogen-bond acceptors (Lipinski definition) is 2. The molecule has 1 aromatic carbocycles. The molecule has 0 fully saturated rings. The number of benzene rings is 1. The van der Waals surface area contributed by atoms with Gasteiger partial charge in [0.1, 0.15) is 5.82 Å². The lowest BCUT2D eigenvalue weighted by atomic mass is 10.1. The van der Waals surface area contributed by atoms with Crippen molar-refractivity contribution in [3.63, 3.8) is 0 Å². The molecule has 18 heavy (non-hydrogen) atoms. The van der Waals surface area contributed by atoms with Crippen LogP contribution in [0.4, 0.5) is 4.39 Å². The van der Waals surface area contributed by atoms with Crippen molar-refractivity contribution in [2.45, 2.75) is 33.2 Å². The summed E-state index contributed by atoms with van der Waals surface area (Å²) in [5, 5.41) is 7.76. The fraction of sp³-hybridized carbons (Fsp3) is 0.385. The topological polar surface area (TPSA) is 36.4 Å². The van der Waals surface area contributed by atoms with Gasteiger partial charge in [0.25, 0.3) is 0 Å². The lowest BCUT2D eigenvalue weighted by Gasteiger charge is -2.11. The Hall–Kier alpha value is -1.49. The van der Waals surface area contributed by atoms with Gasteiger partial charge in [0.2, 0.25) is 0 Å². The number of hydrogen-bond donors (Lipinski definition) is 2. The molecule has 0 saturated carbocycles. The van der Waals surface area contributed by atoms with Crippen molar-refractivity contribution >= 4 is 23.0 Å². The maximum Gasteiger partial charge on any atom is 0.187 e. The van der Waals surface area contributed by atoms with Crippen LogP contribution in [0.3, 0.4) is 0 Å². The van der Waals surface area contributed by atoms with Crippen LogP contribution in [0.15, 0.2) is 29.4 Å². The van der Waals surface area contributed by atoms with Crippen molar-refractivity contribution in [3.8, 4) is 0 Å². The van der Waals surface area contributed by atoms with Crippen molar-refractivity contribution < 1.29 is 4.39 Å². The zero-order chi connectivity index (χ0) is 13.5. The molecule has 0 aliphatic carbocycles. The highest BCUT2D eigenvalue weighted by Gasteiger charge is 2.02. The third kappa shape index (κ3) is 4.79. The van der Waals surface area contributed by atoms with Gasteiger partial charge >= 0.3 is 0 Å². The standard InChI is InChI=1S/C13H18FN3S/c1-4-12(10-5-7-11(14)8-6-10)16-17-13(18)15-9(2)3/h5-9H,4H2,1-3H3,(H2,15,17,18)/b16-12+. The van der Waals surface area contributed by atoms with Crippen LogP contribution in [0, 0.1) is 5.82 Å². The second kappa shape index (κ2) is 7.06. The van der Waals surface area contributed by atoms with Crippen molar-refractivity contribution in [1.82, 2.24) is 10.7 Å². The highest BCUT2D eigenvalue weighted by Crippen LogP contribution is 2.06. The molecule has 0 heterocycles. The summed E-state index contributed by atoms with van der Waals surface area (Å²) in [6.07, 6.45) is 0.739. The van der Waals surface area contributed by atoms with E-state index in [1.807, 2.05) is 20.8 Å². The van der Waals surface area contributed by atoms with E-state index in [1.54, 1.807) is 12.1 Å². The van der Waals surface area contributed by atoms with Gasteiger partial charge in [0.15, 0.2) is 5.11 Å². The molecule has 2 N–H and O–H groups in total. The van der Waals surface area contributed by atoms with Gasteiger partial charge in [-0.2, -0.15) is 5.10 Å². The van der Waals surface area contributed by atoms with E-state index in [9.17, 15) is 4.39 Å². The third-order valence-corrected chi connectivity index (χ3v) is 2.43. The van der Waals surface area contributed by atoms with Crippen LogP contribution in [0.5, 0.6) is 0 Å². The van der Waals surface area contributed by atoms with Gasteiger partial charge in [-0.25, -0.2) is 4.39 Å². The number of nitrogens with one attached hydrogen (secondary N) is 2. The smallest absolute Gasteiger partial charge is 0.187 e. The fourth-order valence-corrected chi connectivity index (χ4v) is 1.68. The Morgan fingerprint density at radius 1 is 1.33 bits per heavy atom. The molecule has 0 radical (unpaired) electrons. The first-order chi connectivity index (χ1) is 8.52. The Morgan fingerprint density at radius 2 is 1.94 bits per heavy atom. The van der Waals surface area contributed by atoms with E-state index in [2.05, 4.69) is 15.8 Å². The van der Waals surface area contributed by atoms with Crippen molar-refractivity contribution in [3.05, 3.63) is 35.6 Å². The zero-order valence-corrected chi connectivity index (χ0v) is 11.6. The fourth-order valence-electron chi connectivity index (χ4n) is 1.40. The van der Waals surface area contributed by atoms with Crippen molar-refractivity contribution in [2.24, 2.45) is 5.10 Å².